The summed E-state index contributed by atoms with van der Waals surface area (Å²) < 4.78 is 5.58. The number of Topliss-reactive ketones (excluding diaryl/α,β-unsaturated/α-hetero) is 1. The van der Waals surface area contributed by atoms with Crippen molar-refractivity contribution in [1.82, 2.24) is 15.2 Å². The Morgan fingerprint density at radius 2 is 1.77 bits per heavy atom. The molecule has 0 saturated heterocycles. The van der Waals surface area contributed by atoms with Gasteiger partial charge in [0.25, 0.3) is 5.22 Å². The van der Waals surface area contributed by atoms with Gasteiger partial charge < -0.3 is 9.73 Å². The molecule has 0 aliphatic carbocycles. The van der Waals surface area contributed by atoms with Gasteiger partial charge in [0.15, 0.2) is 5.78 Å². The van der Waals surface area contributed by atoms with E-state index >= 15 is 0 Å². The molecule has 2 aromatic heterocycles. The van der Waals surface area contributed by atoms with Crippen molar-refractivity contribution >= 4 is 29.1 Å². The summed E-state index contributed by atoms with van der Waals surface area (Å²) in [6, 6.07) is 10.3. The van der Waals surface area contributed by atoms with Crippen LogP contribution in [0.5, 0.6) is 0 Å². The fourth-order valence-corrected chi connectivity index (χ4v) is 2.79. The minimum absolute atomic E-state index is 0.0202. The first-order valence-electron chi connectivity index (χ1n) is 7.85. The van der Waals surface area contributed by atoms with Crippen LogP contribution in [0.25, 0.3) is 11.5 Å². The summed E-state index contributed by atoms with van der Waals surface area (Å²) in [6.07, 6.45) is 3.28. The standard InChI is InChI=1S/C18H16N4O3S/c1-11(23)13-3-5-15(6-4-13)20-16(24)12(2)26-18-22-21-17(25-18)14-7-9-19-10-8-14/h3-10,12H,1-2H3,(H,20,24)/t12-/m1/s1. The van der Waals surface area contributed by atoms with Crippen molar-refractivity contribution in [1.29, 1.82) is 0 Å². The number of benzene rings is 1. The van der Waals surface area contributed by atoms with Crippen LogP contribution >= 0.6 is 11.8 Å². The highest BCUT2D eigenvalue weighted by Crippen LogP contribution is 2.26. The predicted octanol–water partition coefficient (Wildman–Crippen LogP) is 3.45. The number of nitrogens with one attached hydrogen (secondary N) is 1. The maximum Gasteiger partial charge on any atom is 0.277 e. The normalized spacial score (nSPS) is 11.8. The molecule has 3 aromatic rings. The van der Waals surface area contributed by atoms with E-state index in [2.05, 4.69) is 20.5 Å². The molecule has 0 unspecified atom stereocenters. The maximum atomic E-state index is 12.3. The zero-order valence-electron chi connectivity index (χ0n) is 14.2. The summed E-state index contributed by atoms with van der Waals surface area (Å²) in [5.74, 6) is 0.157. The molecule has 132 valence electrons. The van der Waals surface area contributed by atoms with Crippen molar-refractivity contribution in [3.8, 4) is 11.5 Å². The quantitative estimate of drug-likeness (QED) is 0.525. The summed E-state index contributed by atoms with van der Waals surface area (Å²) in [6.45, 7) is 3.25. The molecule has 2 heterocycles. The first kappa shape index (κ1) is 17.8. The van der Waals surface area contributed by atoms with Gasteiger partial charge in [-0.15, -0.1) is 10.2 Å². The third-order valence-corrected chi connectivity index (χ3v) is 4.47. The van der Waals surface area contributed by atoms with E-state index in [-0.39, 0.29) is 11.7 Å². The Bertz CT molecular complexity index is 910. The Balaban J connectivity index is 1.61. The Hall–Kier alpha value is -3.00. The number of nitrogens with zero attached hydrogens (tertiary/aromatic N) is 3. The van der Waals surface area contributed by atoms with Crippen LogP contribution in [0.2, 0.25) is 0 Å². The molecule has 0 spiro atoms. The van der Waals surface area contributed by atoms with Crippen molar-refractivity contribution < 1.29 is 14.0 Å². The molecule has 1 amide bonds. The van der Waals surface area contributed by atoms with Crippen LogP contribution in [0.4, 0.5) is 5.69 Å². The van der Waals surface area contributed by atoms with E-state index < -0.39 is 5.25 Å². The summed E-state index contributed by atoms with van der Waals surface area (Å²) >= 11 is 1.17. The first-order chi connectivity index (χ1) is 12.5. The second-order valence-electron chi connectivity index (χ2n) is 5.49. The number of hydrogen-bond acceptors (Lipinski definition) is 7. The van der Waals surface area contributed by atoms with Gasteiger partial charge in [-0.25, -0.2) is 0 Å². The zero-order chi connectivity index (χ0) is 18.5. The molecule has 0 aliphatic rings. The molecule has 0 radical (unpaired) electrons. The van der Waals surface area contributed by atoms with Crippen LogP contribution in [-0.2, 0) is 4.79 Å². The second-order valence-corrected chi connectivity index (χ2v) is 6.78. The summed E-state index contributed by atoms with van der Waals surface area (Å²) in [7, 11) is 0. The Morgan fingerprint density at radius 1 is 1.08 bits per heavy atom. The van der Waals surface area contributed by atoms with Gasteiger partial charge in [-0.3, -0.25) is 14.6 Å². The molecule has 0 bridgehead atoms. The van der Waals surface area contributed by atoms with Crippen LogP contribution in [0.3, 0.4) is 0 Å². The lowest BCUT2D eigenvalue weighted by atomic mass is 10.1. The van der Waals surface area contributed by atoms with Gasteiger partial charge in [-0.05, 0) is 50.2 Å². The highest BCUT2D eigenvalue weighted by atomic mass is 32.2. The van der Waals surface area contributed by atoms with E-state index in [1.807, 2.05) is 0 Å². The lowest BCUT2D eigenvalue weighted by Crippen LogP contribution is -2.22. The molecule has 3 rings (SSSR count). The SMILES string of the molecule is CC(=O)c1ccc(NC(=O)[C@@H](C)Sc2nnc(-c3ccncc3)o2)cc1. The molecule has 0 fully saturated rings. The Morgan fingerprint density at radius 3 is 2.42 bits per heavy atom. The van der Waals surface area contributed by atoms with Gasteiger partial charge in [0.05, 0.1) is 5.25 Å². The van der Waals surface area contributed by atoms with Crippen molar-refractivity contribution in [2.45, 2.75) is 24.3 Å². The van der Waals surface area contributed by atoms with Gasteiger partial charge in [-0.2, -0.15) is 0 Å². The first-order valence-corrected chi connectivity index (χ1v) is 8.73. The average Bonchev–Trinajstić information content (AvgIpc) is 3.11. The topological polar surface area (TPSA) is 98.0 Å². The third kappa shape index (κ3) is 4.34. The van der Waals surface area contributed by atoms with E-state index in [0.29, 0.717) is 22.4 Å². The number of anilines is 1. The molecule has 1 atom stereocenters. The number of amides is 1. The molecule has 0 aliphatic heterocycles. The number of carbonyl (C=O) groups is 2. The van der Waals surface area contributed by atoms with Gasteiger partial charge >= 0.3 is 0 Å². The van der Waals surface area contributed by atoms with Crippen molar-refractivity contribution in [3.63, 3.8) is 0 Å². The molecule has 7 nitrogen and oxygen atoms in total. The van der Waals surface area contributed by atoms with Gasteiger partial charge in [-0.1, -0.05) is 11.8 Å². The van der Waals surface area contributed by atoms with E-state index in [9.17, 15) is 9.59 Å². The fourth-order valence-electron chi connectivity index (χ4n) is 2.11. The van der Waals surface area contributed by atoms with E-state index in [4.69, 9.17) is 4.42 Å². The van der Waals surface area contributed by atoms with Crippen LogP contribution in [-0.4, -0.2) is 32.1 Å². The highest BCUT2D eigenvalue weighted by Gasteiger charge is 2.19. The maximum absolute atomic E-state index is 12.3. The lowest BCUT2D eigenvalue weighted by Gasteiger charge is -2.10. The fraction of sp³-hybridized carbons (Fsp3) is 0.167. The number of rotatable bonds is 6. The molecule has 1 aromatic carbocycles. The number of thioether (sulfide) groups is 1. The van der Waals surface area contributed by atoms with Crippen LogP contribution in [0, 0.1) is 0 Å². The minimum Gasteiger partial charge on any atom is -0.411 e. The smallest absolute Gasteiger partial charge is 0.277 e. The van der Waals surface area contributed by atoms with Crippen molar-refractivity contribution in [2.24, 2.45) is 0 Å². The Kier molecular flexibility index (Phi) is 5.43. The van der Waals surface area contributed by atoms with E-state index in [0.717, 1.165) is 5.56 Å². The monoisotopic (exact) mass is 368 g/mol. The average molecular weight is 368 g/mol. The van der Waals surface area contributed by atoms with Gasteiger partial charge in [0.1, 0.15) is 0 Å². The predicted molar refractivity (Wildman–Crippen MR) is 97.9 cm³/mol. The molecule has 0 saturated carbocycles. The summed E-state index contributed by atoms with van der Waals surface area (Å²) in [4.78, 5) is 27.5. The summed E-state index contributed by atoms with van der Waals surface area (Å²) in [5.41, 5.74) is 1.98. The molecular weight excluding hydrogens is 352 g/mol. The third-order valence-electron chi connectivity index (χ3n) is 3.54. The number of hydrogen-bond donors (Lipinski definition) is 1. The van der Waals surface area contributed by atoms with Crippen molar-refractivity contribution in [3.05, 3.63) is 54.4 Å². The van der Waals surface area contributed by atoms with E-state index in [1.54, 1.807) is 55.7 Å². The highest BCUT2D eigenvalue weighted by molar-refractivity contribution is 8.00. The number of pyridine rings is 1. The number of carbonyl (C=O) groups excluding carboxylic acids is 2. The largest absolute Gasteiger partial charge is 0.411 e. The van der Waals surface area contributed by atoms with Crippen molar-refractivity contribution in [2.75, 3.05) is 5.32 Å². The number of aromatic nitrogens is 3. The van der Waals surface area contributed by atoms with E-state index in [1.165, 1.54) is 18.7 Å². The van der Waals surface area contributed by atoms with Crippen LogP contribution in [0.1, 0.15) is 24.2 Å². The Labute approximate surface area is 154 Å². The van der Waals surface area contributed by atoms with Gasteiger partial charge in [0.2, 0.25) is 11.8 Å². The second kappa shape index (κ2) is 7.92. The molecule has 26 heavy (non-hydrogen) atoms. The number of ketones is 1. The molecule has 8 heteroatoms. The van der Waals surface area contributed by atoms with Crippen LogP contribution in [0.15, 0.2) is 58.4 Å². The lowest BCUT2D eigenvalue weighted by molar-refractivity contribution is -0.115. The minimum atomic E-state index is -0.437. The van der Waals surface area contributed by atoms with Crippen LogP contribution < -0.4 is 5.32 Å². The molecule has 1 N–H and O–H groups in total. The molecular formula is C18H16N4O3S. The zero-order valence-corrected chi connectivity index (χ0v) is 15.0. The summed E-state index contributed by atoms with van der Waals surface area (Å²) in [5, 5.41) is 10.6. The van der Waals surface area contributed by atoms with Gasteiger partial charge in [0, 0.05) is 29.2 Å².